The molecule has 4 aliphatic heterocycles. The summed E-state index contributed by atoms with van der Waals surface area (Å²) in [7, 11) is 0. The lowest BCUT2D eigenvalue weighted by Crippen LogP contribution is -2.58. The highest BCUT2D eigenvalue weighted by Gasteiger charge is 2.40. The summed E-state index contributed by atoms with van der Waals surface area (Å²) in [6.45, 7) is 9.49. The molecule has 0 aliphatic carbocycles. The second-order valence-corrected chi connectivity index (χ2v) is 8.15. The SMILES string of the molecule is CC(C)c1nc2cccc3c2n1CCN(C1CN2CCC1CC2)C3=O. The van der Waals surface area contributed by atoms with Crippen molar-refractivity contribution in [3.8, 4) is 0 Å². The van der Waals surface area contributed by atoms with E-state index in [0.717, 1.165) is 42.1 Å². The number of hydrogen-bond donors (Lipinski definition) is 0. The standard InChI is InChI=1S/C20H26N4O/c1-13(2)19-21-16-5-3-4-15-18(16)24(19)11-10-23(20(15)25)17-12-22-8-6-14(17)7-9-22/h3-5,13-14,17H,6-12H2,1-2H3. The van der Waals surface area contributed by atoms with Crippen molar-refractivity contribution >= 4 is 16.9 Å². The highest BCUT2D eigenvalue weighted by molar-refractivity contribution is 6.05. The van der Waals surface area contributed by atoms with Crippen molar-refractivity contribution in [2.24, 2.45) is 5.92 Å². The third-order valence-corrected chi connectivity index (χ3v) is 6.39. The molecule has 5 heterocycles. The molecule has 5 heteroatoms. The Labute approximate surface area is 148 Å². The first-order valence-electron chi connectivity index (χ1n) is 9.66. The highest BCUT2D eigenvalue weighted by Crippen LogP contribution is 2.34. The van der Waals surface area contributed by atoms with Crippen LogP contribution in [-0.4, -0.2) is 57.5 Å². The van der Waals surface area contributed by atoms with E-state index in [2.05, 4.69) is 28.2 Å². The lowest BCUT2D eigenvalue weighted by atomic mass is 9.83. The van der Waals surface area contributed by atoms with Gasteiger partial charge < -0.3 is 14.4 Å². The molecule has 0 N–H and O–H groups in total. The second-order valence-electron chi connectivity index (χ2n) is 8.15. The summed E-state index contributed by atoms with van der Waals surface area (Å²) in [5, 5.41) is 0. The number of para-hydroxylation sites is 1. The van der Waals surface area contributed by atoms with E-state index in [1.165, 1.54) is 25.9 Å². The van der Waals surface area contributed by atoms with Crippen LogP contribution >= 0.6 is 0 Å². The van der Waals surface area contributed by atoms with Gasteiger partial charge >= 0.3 is 0 Å². The number of fused-ring (bicyclic) bond motifs is 3. The van der Waals surface area contributed by atoms with E-state index in [4.69, 9.17) is 4.98 Å². The zero-order valence-electron chi connectivity index (χ0n) is 15.1. The van der Waals surface area contributed by atoms with E-state index in [-0.39, 0.29) is 5.91 Å². The fourth-order valence-electron chi connectivity index (χ4n) is 5.11. The van der Waals surface area contributed by atoms with E-state index in [0.29, 0.717) is 17.9 Å². The minimum absolute atomic E-state index is 0.207. The Bertz CT molecular complexity index is 832. The van der Waals surface area contributed by atoms with Crippen molar-refractivity contribution in [1.82, 2.24) is 19.4 Å². The lowest BCUT2D eigenvalue weighted by molar-refractivity contribution is 0.00720. The quantitative estimate of drug-likeness (QED) is 0.845. The first-order valence-corrected chi connectivity index (χ1v) is 9.66. The Morgan fingerprint density at radius 2 is 1.92 bits per heavy atom. The van der Waals surface area contributed by atoms with Crippen molar-refractivity contribution in [1.29, 1.82) is 0 Å². The number of amides is 1. The van der Waals surface area contributed by atoms with E-state index in [9.17, 15) is 4.79 Å². The van der Waals surface area contributed by atoms with Crippen LogP contribution in [0.4, 0.5) is 0 Å². The van der Waals surface area contributed by atoms with Gasteiger partial charge in [0, 0.05) is 31.6 Å². The van der Waals surface area contributed by atoms with Gasteiger partial charge in [-0.15, -0.1) is 0 Å². The van der Waals surface area contributed by atoms with Gasteiger partial charge in [0.1, 0.15) is 5.82 Å². The van der Waals surface area contributed by atoms with Crippen molar-refractivity contribution in [3.63, 3.8) is 0 Å². The van der Waals surface area contributed by atoms with Crippen LogP contribution in [0, 0.1) is 5.92 Å². The van der Waals surface area contributed by atoms with E-state index >= 15 is 0 Å². The summed E-state index contributed by atoms with van der Waals surface area (Å²) in [5.41, 5.74) is 2.84. The smallest absolute Gasteiger partial charge is 0.256 e. The van der Waals surface area contributed by atoms with E-state index < -0.39 is 0 Å². The summed E-state index contributed by atoms with van der Waals surface area (Å²) in [4.78, 5) is 23.0. The van der Waals surface area contributed by atoms with Crippen molar-refractivity contribution in [2.75, 3.05) is 26.2 Å². The van der Waals surface area contributed by atoms with Gasteiger partial charge in [0.15, 0.2) is 0 Å². The van der Waals surface area contributed by atoms with Crippen LogP contribution in [0.5, 0.6) is 0 Å². The molecule has 1 atom stereocenters. The summed E-state index contributed by atoms with van der Waals surface area (Å²) < 4.78 is 2.30. The van der Waals surface area contributed by atoms with Crippen LogP contribution in [0.2, 0.25) is 0 Å². The van der Waals surface area contributed by atoms with Crippen molar-refractivity contribution in [3.05, 3.63) is 29.6 Å². The number of imidazole rings is 1. The van der Waals surface area contributed by atoms with Crippen molar-refractivity contribution in [2.45, 2.75) is 45.2 Å². The molecule has 25 heavy (non-hydrogen) atoms. The molecule has 5 nitrogen and oxygen atoms in total. The number of benzene rings is 1. The Morgan fingerprint density at radius 1 is 1.12 bits per heavy atom. The molecule has 0 spiro atoms. The molecule has 1 amide bonds. The Balaban J connectivity index is 1.59. The second kappa shape index (κ2) is 5.56. The zero-order valence-corrected chi connectivity index (χ0v) is 15.1. The van der Waals surface area contributed by atoms with Crippen LogP contribution < -0.4 is 0 Å². The maximum atomic E-state index is 13.4. The van der Waals surface area contributed by atoms with Crippen LogP contribution in [0.3, 0.4) is 0 Å². The number of carbonyl (C=O) groups excluding carboxylic acids is 1. The Morgan fingerprint density at radius 3 is 2.60 bits per heavy atom. The fourth-order valence-corrected chi connectivity index (χ4v) is 5.11. The average molecular weight is 338 g/mol. The summed E-state index contributed by atoms with van der Waals surface area (Å²) in [6.07, 6.45) is 2.48. The molecule has 132 valence electrons. The highest BCUT2D eigenvalue weighted by atomic mass is 16.2. The molecule has 1 unspecified atom stereocenters. The molecule has 3 fully saturated rings. The lowest BCUT2D eigenvalue weighted by Gasteiger charge is -2.48. The Hall–Kier alpha value is -1.88. The predicted molar refractivity (Wildman–Crippen MR) is 97.8 cm³/mol. The maximum Gasteiger partial charge on any atom is 0.256 e. The number of aromatic nitrogens is 2. The molecular formula is C20H26N4O. The van der Waals surface area contributed by atoms with Crippen LogP contribution in [0.15, 0.2) is 18.2 Å². The van der Waals surface area contributed by atoms with Gasteiger partial charge in [0.05, 0.1) is 16.6 Å². The molecule has 3 saturated heterocycles. The predicted octanol–water partition coefficient (Wildman–Crippen LogP) is 2.71. The number of nitrogens with zero attached hydrogens (tertiary/aromatic N) is 4. The molecule has 1 aromatic carbocycles. The molecule has 0 saturated carbocycles. The number of piperidine rings is 3. The molecule has 6 rings (SSSR count). The van der Waals surface area contributed by atoms with E-state index in [1.807, 2.05) is 18.2 Å². The van der Waals surface area contributed by atoms with Gasteiger partial charge in [-0.2, -0.15) is 0 Å². The number of carbonyl (C=O) groups is 1. The van der Waals surface area contributed by atoms with Gasteiger partial charge in [-0.25, -0.2) is 4.98 Å². The zero-order chi connectivity index (χ0) is 17.1. The van der Waals surface area contributed by atoms with Crippen LogP contribution in [0.1, 0.15) is 48.8 Å². The first kappa shape index (κ1) is 15.4. The van der Waals surface area contributed by atoms with Gasteiger partial charge in [-0.1, -0.05) is 19.9 Å². The van der Waals surface area contributed by atoms with E-state index in [1.54, 1.807) is 0 Å². The first-order chi connectivity index (χ1) is 12.1. The maximum absolute atomic E-state index is 13.4. The third kappa shape index (κ3) is 2.25. The molecule has 1 aromatic heterocycles. The Kier molecular flexibility index (Phi) is 3.42. The number of hydrogen-bond acceptors (Lipinski definition) is 3. The van der Waals surface area contributed by atoms with Crippen LogP contribution in [-0.2, 0) is 6.54 Å². The summed E-state index contributed by atoms with van der Waals surface area (Å²) in [5.74, 6) is 2.34. The van der Waals surface area contributed by atoms with Crippen LogP contribution in [0.25, 0.3) is 11.0 Å². The molecule has 2 bridgehead atoms. The fraction of sp³-hybridized carbons (Fsp3) is 0.600. The normalized spacial score (nSPS) is 28.8. The van der Waals surface area contributed by atoms with Gasteiger partial charge in [-0.3, -0.25) is 4.79 Å². The van der Waals surface area contributed by atoms with Gasteiger partial charge in [0.25, 0.3) is 5.91 Å². The molecular weight excluding hydrogens is 312 g/mol. The van der Waals surface area contributed by atoms with Crippen molar-refractivity contribution < 1.29 is 4.79 Å². The molecule has 0 radical (unpaired) electrons. The largest absolute Gasteiger partial charge is 0.332 e. The summed E-state index contributed by atoms with van der Waals surface area (Å²) >= 11 is 0. The molecule has 4 aliphatic rings. The minimum atomic E-state index is 0.207. The minimum Gasteiger partial charge on any atom is -0.332 e. The van der Waals surface area contributed by atoms with Gasteiger partial charge in [0.2, 0.25) is 0 Å². The van der Waals surface area contributed by atoms with Gasteiger partial charge in [-0.05, 0) is 44.0 Å². The summed E-state index contributed by atoms with van der Waals surface area (Å²) in [6, 6.07) is 6.40. The monoisotopic (exact) mass is 338 g/mol. The number of rotatable bonds is 2. The third-order valence-electron chi connectivity index (χ3n) is 6.39. The topological polar surface area (TPSA) is 41.4 Å². The average Bonchev–Trinajstić information content (AvgIpc) is 2.94. The molecule has 2 aromatic rings.